The first kappa shape index (κ1) is 21.0. The second kappa shape index (κ2) is 10.2. The second-order valence-electron chi connectivity index (χ2n) is 8.22. The first-order valence-electron chi connectivity index (χ1n) is 11.2. The molecule has 1 aromatic heterocycles. The number of guanidine groups is 1. The van der Waals surface area contributed by atoms with Gasteiger partial charge in [-0.2, -0.15) is 0 Å². The van der Waals surface area contributed by atoms with Crippen LogP contribution in [0.5, 0.6) is 0 Å². The molecule has 2 aliphatic rings. The van der Waals surface area contributed by atoms with E-state index in [1.165, 1.54) is 55.2 Å². The number of nitrogens with one attached hydrogen (secondary N) is 2. The van der Waals surface area contributed by atoms with E-state index in [0.717, 1.165) is 37.7 Å². The van der Waals surface area contributed by atoms with Gasteiger partial charge in [-0.3, -0.25) is 4.99 Å². The molecule has 0 spiro atoms. The normalized spacial score (nSPS) is 18.1. The summed E-state index contributed by atoms with van der Waals surface area (Å²) in [6.07, 6.45) is 6.08. The molecule has 0 saturated carbocycles. The predicted octanol–water partition coefficient (Wildman–Crippen LogP) is 3.81. The van der Waals surface area contributed by atoms with Crippen LogP contribution in [0.1, 0.15) is 49.9 Å². The smallest absolute Gasteiger partial charge is 0.191 e. The van der Waals surface area contributed by atoms with Crippen molar-refractivity contribution in [3.63, 3.8) is 0 Å². The van der Waals surface area contributed by atoms with E-state index in [0.29, 0.717) is 0 Å². The Balaban J connectivity index is 1.27. The number of anilines is 2. The highest BCUT2D eigenvalue weighted by Crippen LogP contribution is 2.25. The summed E-state index contributed by atoms with van der Waals surface area (Å²) >= 11 is 1.77. The van der Waals surface area contributed by atoms with Gasteiger partial charge in [0.05, 0.1) is 11.7 Å². The molecule has 0 aliphatic carbocycles. The van der Waals surface area contributed by atoms with Crippen molar-refractivity contribution in [1.29, 1.82) is 0 Å². The minimum Gasteiger partial charge on any atom is -0.372 e. The molecule has 30 heavy (non-hydrogen) atoms. The van der Waals surface area contributed by atoms with Crippen molar-refractivity contribution in [2.75, 3.05) is 49.6 Å². The molecule has 2 saturated heterocycles. The Morgan fingerprint density at radius 2 is 1.87 bits per heavy atom. The summed E-state index contributed by atoms with van der Waals surface area (Å²) in [4.78, 5) is 14.1. The molecule has 0 bridgehead atoms. The molecule has 2 fully saturated rings. The van der Waals surface area contributed by atoms with Gasteiger partial charge < -0.3 is 20.4 Å². The van der Waals surface area contributed by atoms with Gasteiger partial charge in [0.1, 0.15) is 0 Å². The van der Waals surface area contributed by atoms with E-state index in [4.69, 9.17) is 4.98 Å². The molecule has 0 radical (unpaired) electrons. The number of aliphatic imine (C=N–C) groups is 1. The summed E-state index contributed by atoms with van der Waals surface area (Å²) in [5.41, 5.74) is 3.78. The number of rotatable bonds is 7. The topological polar surface area (TPSA) is 55.8 Å². The average molecular weight is 427 g/mol. The molecule has 3 heterocycles. The minimum absolute atomic E-state index is 0.194. The van der Waals surface area contributed by atoms with Crippen molar-refractivity contribution in [3.8, 4) is 0 Å². The van der Waals surface area contributed by atoms with Crippen LogP contribution in [0, 0.1) is 0 Å². The maximum atomic E-state index is 4.81. The van der Waals surface area contributed by atoms with Crippen LogP contribution in [-0.2, 0) is 6.42 Å². The Morgan fingerprint density at radius 1 is 1.13 bits per heavy atom. The molecule has 0 amide bonds. The maximum Gasteiger partial charge on any atom is 0.191 e. The van der Waals surface area contributed by atoms with Crippen LogP contribution in [0.3, 0.4) is 0 Å². The monoisotopic (exact) mass is 426 g/mol. The van der Waals surface area contributed by atoms with Gasteiger partial charge >= 0.3 is 0 Å². The molecule has 1 aromatic carbocycles. The highest BCUT2D eigenvalue weighted by Gasteiger charge is 2.16. The maximum absolute atomic E-state index is 4.81. The Kier molecular flexibility index (Phi) is 7.10. The fourth-order valence-electron chi connectivity index (χ4n) is 4.22. The molecule has 1 atom stereocenters. The summed E-state index contributed by atoms with van der Waals surface area (Å²) in [6, 6.07) is 9.08. The van der Waals surface area contributed by atoms with Gasteiger partial charge in [0, 0.05) is 57.3 Å². The Bertz CT molecular complexity index is 836. The van der Waals surface area contributed by atoms with Crippen LogP contribution in [0.2, 0.25) is 0 Å². The van der Waals surface area contributed by atoms with Crippen molar-refractivity contribution in [2.24, 2.45) is 4.99 Å². The molecule has 1 unspecified atom stereocenters. The molecule has 2 aromatic rings. The van der Waals surface area contributed by atoms with Crippen LogP contribution in [0.25, 0.3) is 0 Å². The fourth-order valence-corrected chi connectivity index (χ4v) is 5.14. The van der Waals surface area contributed by atoms with E-state index >= 15 is 0 Å². The third kappa shape index (κ3) is 5.25. The van der Waals surface area contributed by atoms with E-state index < -0.39 is 0 Å². The van der Waals surface area contributed by atoms with Crippen LogP contribution in [-0.4, -0.2) is 50.7 Å². The summed E-state index contributed by atoms with van der Waals surface area (Å²) in [5.74, 6) is 0.837. The lowest BCUT2D eigenvalue weighted by atomic mass is 10.1. The molecule has 4 rings (SSSR count). The predicted molar refractivity (Wildman–Crippen MR) is 128 cm³/mol. The van der Waals surface area contributed by atoms with Crippen molar-refractivity contribution in [3.05, 3.63) is 40.9 Å². The largest absolute Gasteiger partial charge is 0.372 e. The van der Waals surface area contributed by atoms with Gasteiger partial charge in [-0.15, -0.1) is 11.3 Å². The van der Waals surface area contributed by atoms with Crippen LogP contribution < -0.4 is 20.4 Å². The SMILES string of the molecule is CN=C(NCCc1csc(N2CCCC2)n1)NC(C)c1cccc(N2CCCC2)c1. The Hall–Kier alpha value is -2.28. The molecule has 2 N–H and O–H groups in total. The molecular formula is C23H34N6S. The third-order valence-electron chi connectivity index (χ3n) is 6.01. The van der Waals surface area contributed by atoms with Crippen LogP contribution in [0.4, 0.5) is 10.8 Å². The summed E-state index contributed by atoms with van der Waals surface area (Å²) in [5, 5.41) is 10.3. The van der Waals surface area contributed by atoms with Crippen LogP contribution >= 0.6 is 11.3 Å². The zero-order valence-corrected chi connectivity index (χ0v) is 19.0. The van der Waals surface area contributed by atoms with Gasteiger partial charge in [0.15, 0.2) is 11.1 Å². The van der Waals surface area contributed by atoms with E-state index in [1.807, 2.05) is 7.05 Å². The third-order valence-corrected chi connectivity index (χ3v) is 6.96. The number of thiazole rings is 1. The number of hydrogen-bond acceptors (Lipinski definition) is 5. The minimum atomic E-state index is 0.194. The Morgan fingerprint density at radius 3 is 2.60 bits per heavy atom. The van der Waals surface area contributed by atoms with Gasteiger partial charge in [-0.25, -0.2) is 4.98 Å². The van der Waals surface area contributed by atoms with E-state index in [-0.39, 0.29) is 6.04 Å². The summed E-state index contributed by atoms with van der Waals surface area (Å²) in [6.45, 7) is 7.66. The highest BCUT2D eigenvalue weighted by molar-refractivity contribution is 7.13. The van der Waals surface area contributed by atoms with Crippen molar-refractivity contribution >= 4 is 28.1 Å². The van der Waals surface area contributed by atoms with Crippen molar-refractivity contribution in [1.82, 2.24) is 15.6 Å². The summed E-state index contributed by atoms with van der Waals surface area (Å²) < 4.78 is 0. The number of nitrogens with zero attached hydrogens (tertiary/aromatic N) is 4. The number of benzene rings is 1. The summed E-state index contributed by atoms with van der Waals surface area (Å²) in [7, 11) is 1.83. The Labute approximate surface area is 184 Å². The lowest BCUT2D eigenvalue weighted by Gasteiger charge is -2.22. The van der Waals surface area contributed by atoms with E-state index in [1.54, 1.807) is 11.3 Å². The van der Waals surface area contributed by atoms with Gasteiger partial charge in [-0.05, 0) is 50.3 Å². The lowest BCUT2D eigenvalue weighted by Crippen LogP contribution is -2.39. The molecule has 6 nitrogen and oxygen atoms in total. The van der Waals surface area contributed by atoms with Gasteiger partial charge in [-0.1, -0.05) is 12.1 Å². The van der Waals surface area contributed by atoms with Gasteiger partial charge in [0.25, 0.3) is 0 Å². The van der Waals surface area contributed by atoms with E-state index in [2.05, 4.69) is 62.0 Å². The second-order valence-corrected chi connectivity index (χ2v) is 9.06. The zero-order valence-electron chi connectivity index (χ0n) is 18.2. The fraction of sp³-hybridized carbons (Fsp3) is 0.565. The highest BCUT2D eigenvalue weighted by atomic mass is 32.1. The van der Waals surface area contributed by atoms with Gasteiger partial charge in [0.2, 0.25) is 0 Å². The number of hydrogen-bond donors (Lipinski definition) is 2. The zero-order chi connectivity index (χ0) is 20.8. The van der Waals surface area contributed by atoms with Crippen LogP contribution in [0.15, 0.2) is 34.6 Å². The quantitative estimate of drug-likeness (QED) is 0.521. The average Bonchev–Trinajstić information content (AvgIpc) is 3.55. The molecule has 162 valence electrons. The lowest BCUT2D eigenvalue weighted by molar-refractivity contribution is 0.683. The number of aromatic nitrogens is 1. The van der Waals surface area contributed by atoms with Crippen molar-refractivity contribution in [2.45, 2.75) is 45.1 Å². The standard InChI is InChI=1S/C23H34N6S/c1-18(19-8-7-9-21(16-19)28-12-3-4-13-28)26-22(24-2)25-11-10-20-17-30-23(27-20)29-14-5-6-15-29/h7-9,16-18H,3-6,10-15H2,1-2H3,(H2,24,25,26). The molecule has 2 aliphatic heterocycles. The molecule has 7 heteroatoms. The molecular weight excluding hydrogens is 392 g/mol. The first-order chi connectivity index (χ1) is 14.7. The first-order valence-corrected chi connectivity index (χ1v) is 12.1. The van der Waals surface area contributed by atoms with E-state index in [9.17, 15) is 0 Å². The van der Waals surface area contributed by atoms with Crippen molar-refractivity contribution < 1.29 is 0 Å².